The Labute approximate surface area is 98.6 Å². The molecule has 1 atom stereocenters. The van der Waals surface area contributed by atoms with Crippen LogP contribution >= 0.6 is 0 Å². The Morgan fingerprint density at radius 1 is 1.47 bits per heavy atom. The van der Waals surface area contributed by atoms with Crippen LogP contribution in [0.15, 0.2) is 18.2 Å². The number of rotatable bonds is 5. The zero-order valence-corrected chi connectivity index (χ0v) is 9.81. The van der Waals surface area contributed by atoms with Crippen molar-refractivity contribution in [1.29, 1.82) is 0 Å². The van der Waals surface area contributed by atoms with Gasteiger partial charge in [0.2, 0.25) is 0 Å². The van der Waals surface area contributed by atoms with Crippen LogP contribution in [0.5, 0.6) is 11.5 Å². The minimum absolute atomic E-state index is 0.276. The van der Waals surface area contributed by atoms with Crippen molar-refractivity contribution >= 4 is 10.4 Å². The molecule has 0 spiro atoms. The second-order valence-corrected chi connectivity index (χ2v) is 4.33. The lowest BCUT2D eigenvalue weighted by atomic mass is 10.1. The molecule has 0 aliphatic heterocycles. The molecule has 17 heavy (non-hydrogen) atoms. The van der Waals surface area contributed by atoms with Gasteiger partial charge < -0.3 is 19.7 Å². The summed E-state index contributed by atoms with van der Waals surface area (Å²) in [6.07, 6.45) is -0.842. The zero-order valence-electron chi connectivity index (χ0n) is 8.99. The summed E-state index contributed by atoms with van der Waals surface area (Å²) in [5.41, 5.74) is 0.388. The Hall–Kier alpha value is -1.35. The SMILES string of the molecule is CNCC(O)c1ccc(OS(=O)(=O)O)c(O)c1. The van der Waals surface area contributed by atoms with Crippen molar-refractivity contribution in [2.75, 3.05) is 13.6 Å². The molecule has 1 unspecified atom stereocenters. The molecule has 0 saturated carbocycles. The van der Waals surface area contributed by atoms with E-state index in [2.05, 4.69) is 9.50 Å². The average Bonchev–Trinajstić information content (AvgIpc) is 2.19. The Balaban J connectivity index is 2.94. The first kappa shape index (κ1) is 13.7. The highest BCUT2D eigenvalue weighted by Crippen LogP contribution is 2.29. The molecule has 1 rings (SSSR count). The topological polar surface area (TPSA) is 116 Å². The van der Waals surface area contributed by atoms with E-state index < -0.39 is 28.0 Å². The van der Waals surface area contributed by atoms with Crippen LogP contribution < -0.4 is 9.50 Å². The van der Waals surface area contributed by atoms with E-state index in [-0.39, 0.29) is 6.54 Å². The maximum atomic E-state index is 10.4. The predicted octanol–water partition coefficient (Wildman–Crippen LogP) is -0.173. The minimum atomic E-state index is -4.68. The number of hydrogen-bond acceptors (Lipinski definition) is 6. The molecule has 0 bridgehead atoms. The number of aliphatic hydroxyl groups is 1. The van der Waals surface area contributed by atoms with Gasteiger partial charge in [-0.25, -0.2) is 0 Å². The maximum absolute atomic E-state index is 10.4. The molecule has 8 heteroatoms. The van der Waals surface area contributed by atoms with Crippen molar-refractivity contribution in [2.24, 2.45) is 0 Å². The van der Waals surface area contributed by atoms with Gasteiger partial charge in [-0.05, 0) is 24.7 Å². The van der Waals surface area contributed by atoms with Gasteiger partial charge in [0, 0.05) is 6.54 Å². The Kier molecular flexibility index (Phi) is 4.29. The van der Waals surface area contributed by atoms with E-state index in [9.17, 15) is 18.6 Å². The van der Waals surface area contributed by atoms with E-state index in [4.69, 9.17) is 4.55 Å². The molecule has 96 valence electrons. The standard InChI is InChI=1S/C9H13NO6S/c1-10-5-8(12)6-2-3-9(7(11)4-6)16-17(13,14)15/h2-4,8,10-12H,5H2,1H3,(H,13,14,15). The smallest absolute Gasteiger partial charge is 0.446 e. The highest BCUT2D eigenvalue weighted by atomic mass is 32.3. The number of phenolic OH excluding ortho intramolecular Hbond substituents is 1. The summed E-state index contributed by atoms with van der Waals surface area (Å²) in [5, 5.41) is 21.8. The fourth-order valence-corrected chi connectivity index (χ4v) is 1.60. The van der Waals surface area contributed by atoms with Gasteiger partial charge in [0.05, 0.1) is 6.10 Å². The summed E-state index contributed by atoms with van der Waals surface area (Å²) in [6, 6.07) is 3.67. The number of aliphatic hydroxyl groups excluding tert-OH is 1. The molecule has 0 aliphatic carbocycles. The van der Waals surface area contributed by atoms with Crippen LogP contribution in [0.1, 0.15) is 11.7 Å². The highest BCUT2D eigenvalue weighted by molar-refractivity contribution is 7.81. The number of hydrogen-bond donors (Lipinski definition) is 4. The quantitative estimate of drug-likeness (QED) is 0.545. The predicted molar refractivity (Wildman–Crippen MR) is 59.2 cm³/mol. The number of phenols is 1. The van der Waals surface area contributed by atoms with E-state index in [1.807, 2.05) is 0 Å². The van der Waals surface area contributed by atoms with Crippen molar-refractivity contribution in [2.45, 2.75) is 6.10 Å². The largest absolute Gasteiger partial charge is 0.504 e. The van der Waals surface area contributed by atoms with Gasteiger partial charge in [-0.3, -0.25) is 4.55 Å². The van der Waals surface area contributed by atoms with Gasteiger partial charge in [-0.2, -0.15) is 8.42 Å². The van der Waals surface area contributed by atoms with Crippen LogP contribution in [0.2, 0.25) is 0 Å². The normalized spacial score (nSPS) is 13.4. The number of aromatic hydroxyl groups is 1. The van der Waals surface area contributed by atoms with Crippen LogP contribution in [0, 0.1) is 0 Å². The molecule has 4 N–H and O–H groups in total. The van der Waals surface area contributed by atoms with Crippen molar-refractivity contribution in [3.63, 3.8) is 0 Å². The van der Waals surface area contributed by atoms with Crippen LogP contribution in [-0.4, -0.2) is 36.8 Å². The van der Waals surface area contributed by atoms with Crippen molar-refractivity contribution in [3.8, 4) is 11.5 Å². The summed E-state index contributed by atoms with van der Waals surface area (Å²) in [6.45, 7) is 0.276. The van der Waals surface area contributed by atoms with Crippen molar-refractivity contribution < 1.29 is 27.4 Å². The molecule has 0 aliphatic rings. The van der Waals surface area contributed by atoms with Gasteiger partial charge in [0.15, 0.2) is 11.5 Å². The number of likely N-dealkylation sites (N-methyl/N-ethyl adjacent to an activating group) is 1. The summed E-state index contributed by atoms with van der Waals surface area (Å²) < 4.78 is 33.4. The molecule has 0 amide bonds. The first-order valence-corrected chi connectivity index (χ1v) is 6.02. The van der Waals surface area contributed by atoms with E-state index in [1.165, 1.54) is 6.07 Å². The molecule has 0 radical (unpaired) electrons. The second-order valence-electron chi connectivity index (χ2n) is 3.31. The second kappa shape index (κ2) is 5.32. The molecular formula is C9H13NO6S. The van der Waals surface area contributed by atoms with Gasteiger partial charge in [0.1, 0.15) is 0 Å². The molecule has 0 fully saturated rings. The molecule has 0 heterocycles. The average molecular weight is 263 g/mol. The number of benzene rings is 1. The monoisotopic (exact) mass is 263 g/mol. The summed E-state index contributed by atoms with van der Waals surface area (Å²) in [5.74, 6) is -0.900. The Morgan fingerprint density at radius 2 is 2.12 bits per heavy atom. The third-order valence-electron chi connectivity index (χ3n) is 1.96. The fraction of sp³-hybridized carbons (Fsp3) is 0.333. The van der Waals surface area contributed by atoms with E-state index in [0.717, 1.165) is 12.1 Å². The fourth-order valence-electron chi connectivity index (χ4n) is 1.24. The van der Waals surface area contributed by atoms with E-state index in [1.54, 1.807) is 7.05 Å². The third kappa shape index (κ3) is 4.19. The Morgan fingerprint density at radius 3 is 2.59 bits per heavy atom. The van der Waals surface area contributed by atoms with Crippen LogP contribution in [0.3, 0.4) is 0 Å². The molecule has 1 aromatic carbocycles. The van der Waals surface area contributed by atoms with Gasteiger partial charge >= 0.3 is 10.4 Å². The highest BCUT2D eigenvalue weighted by Gasteiger charge is 2.14. The first-order valence-electron chi connectivity index (χ1n) is 4.66. The molecular weight excluding hydrogens is 250 g/mol. The zero-order chi connectivity index (χ0) is 13.1. The van der Waals surface area contributed by atoms with Gasteiger partial charge in [0.25, 0.3) is 0 Å². The third-order valence-corrected chi connectivity index (χ3v) is 2.35. The number of nitrogens with one attached hydrogen (secondary N) is 1. The summed E-state index contributed by atoms with van der Waals surface area (Å²) >= 11 is 0. The van der Waals surface area contributed by atoms with Gasteiger partial charge in [-0.15, -0.1) is 0 Å². The molecule has 1 aromatic rings. The molecule has 0 aromatic heterocycles. The first-order chi connectivity index (χ1) is 7.83. The lowest BCUT2D eigenvalue weighted by molar-refractivity contribution is 0.177. The molecule has 7 nitrogen and oxygen atoms in total. The van der Waals surface area contributed by atoms with Crippen molar-refractivity contribution in [1.82, 2.24) is 5.32 Å². The lowest BCUT2D eigenvalue weighted by Crippen LogP contribution is -2.16. The van der Waals surface area contributed by atoms with E-state index >= 15 is 0 Å². The van der Waals surface area contributed by atoms with Crippen LogP contribution in [0.25, 0.3) is 0 Å². The van der Waals surface area contributed by atoms with Crippen molar-refractivity contribution in [3.05, 3.63) is 23.8 Å². The maximum Gasteiger partial charge on any atom is 0.446 e. The van der Waals surface area contributed by atoms with Gasteiger partial charge in [-0.1, -0.05) is 6.07 Å². The van der Waals surface area contributed by atoms with Crippen LogP contribution in [-0.2, 0) is 10.4 Å². The minimum Gasteiger partial charge on any atom is -0.504 e. The van der Waals surface area contributed by atoms with Crippen LogP contribution in [0.4, 0.5) is 0 Å². The Bertz CT molecular complexity index is 486. The molecule has 0 saturated heterocycles. The summed E-state index contributed by atoms with van der Waals surface area (Å²) in [7, 11) is -3.03. The summed E-state index contributed by atoms with van der Waals surface area (Å²) in [4.78, 5) is 0. The lowest BCUT2D eigenvalue weighted by Gasteiger charge is -2.11. The van der Waals surface area contributed by atoms with E-state index in [0.29, 0.717) is 5.56 Å².